The van der Waals surface area contributed by atoms with Crippen LogP contribution in [0.3, 0.4) is 0 Å². The van der Waals surface area contributed by atoms with Gasteiger partial charge in [0.2, 0.25) is 10.0 Å². The van der Waals surface area contributed by atoms with E-state index in [1.807, 2.05) is 12.1 Å². The number of hydrogen-bond donors (Lipinski definition) is 1. The van der Waals surface area contributed by atoms with E-state index in [0.717, 1.165) is 17.1 Å². The quantitative estimate of drug-likeness (QED) is 0.843. The molecular formula is C19H22N2O4S. The third-order valence-corrected chi connectivity index (χ3v) is 6.19. The average Bonchev–Trinajstić information content (AvgIpc) is 3.08. The lowest BCUT2D eigenvalue weighted by Crippen LogP contribution is -2.22. The molecule has 0 fully saturated rings. The number of nitrogens with zero attached hydrogens (tertiary/aromatic N) is 1. The van der Waals surface area contributed by atoms with Gasteiger partial charge in [0.25, 0.3) is 5.91 Å². The first kappa shape index (κ1) is 18.4. The van der Waals surface area contributed by atoms with Crippen molar-refractivity contribution in [2.24, 2.45) is 0 Å². The third kappa shape index (κ3) is 4.05. The minimum atomic E-state index is -3.48. The van der Waals surface area contributed by atoms with E-state index < -0.39 is 10.0 Å². The highest BCUT2D eigenvalue weighted by molar-refractivity contribution is 7.89. The SMILES string of the molecule is CN(C)S(=O)(=O)c1ccc(NC(=O)COc2ccc3c(c2)CCC3)cc1. The topological polar surface area (TPSA) is 75.7 Å². The van der Waals surface area contributed by atoms with Crippen molar-refractivity contribution < 1.29 is 17.9 Å². The zero-order valence-electron chi connectivity index (χ0n) is 14.9. The monoisotopic (exact) mass is 374 g/mol. The molecule has 2 aromatic carbocycles. The summed E-state index contributed by atoms with van der Waals surface area (Å²) in [4.78, 5) is 12.2. The van der Waals surface area contributed by atoms with E-state index in [1.54, 1.807) is 12.1 Å². The van der Waals surface area contributed by atoms with Crippen LogP contribution >= 0.6 is 0 Å². The van der Waals surface area contributed by atoms with Gasteiger partial charge in [-0.3, -0.25) is 4.79 Å². The van der Waals surface area contributed by atoms with Crippen LogP contribution < -0.4 is 10.1 Å². The summed E-state index contributed by atoms with van der Waals surface area (Å²) in [6.07, 6.45) is 3.33. The molecule has 0 spiro atoms. The van der Waals surface area contributed by atoms with Crippen LogP contribution in [0.25, 0.3) is 0 Å². The van der Waals surface area contributed by atoms with Gasteiger partial charge in [-0.25, -0.2) is 12.7 Å². The lowest BCUT2D eigenvalue weighted by Gasteiger charge is -2.12. The number of aryl methyl sites for hydroxylation is 2. The summed E-state index contributed by atoms with van der Waals surface area (Å²) < 4.78 is 30.8. The van der Waals surface area contributed by atoms with E-state index in [2.05, 4.69) is 11.4 Å². The summed E-state index contributed by atoms with van der Waals surface area (Å²) in [7, 11) is -0.530. The number of nitrogens with one attached hydrogen (secondary N) is 1. The smallest absolute Gasteiger partial charge is 0.262 e. The second-order valence-corrected chi connectivity index (χ2v) is 8.58. The molecule has 1 aliphatic rings. The predicted octanol–water partition coefficient (Wildman–Crippen LogP) is 2.44. The van der Waals surface area contributed by atoms with Crippen LogP contribution in [0.4, 0.5) is 5.69 Å². The zero-order chi connectivity index (χ0) is 18.7. The molecule has 0 unspecified atom stereocenters. The fourth-order valence-corrected chi connectivity index (χ4v) is 3.81. The molecule has 0 heterocycles. The maximum absolute atomic E-state index is 12.0. The lowest BCUT2D eigenvalue weighted by molar-refractivity contribution is -0.118. The van der Waals surface area contributed by atoms with Crippen LogP contribution in [0.5, 0.6) is 5.75 Å². The van der Waals surface area contributed by atoms with Gasteiger partial charge in [0, 0.05) is 19.8 Å². The van der Waals surface area contributed by atoms with Gasteiger partial charge in [0.15, 0.2) is 6.61 Å². The highest BCUT2D eigenvalue weighted by atomic mass is 32.2. The summed E-state index contributed by atoms with van der Waals surface area (Å²) in [6, 6.07) is 12.0. The van der Waals surface area contributed by atoms with Gasteiger partial charge < -0.3 is 10.1 Å². The molecule has 0 radical (unpaired) electrons. The van der Waals surface area contributed by atoms with Crippen LogP contribution in [0.2, 0.25) is 0 Å². The second-order valence-electron chi connectivity index (χ2n) is 6.43. The Morgan fingerprint density at radius 3 is 2.46 bits per heavy atom. The van der Waals surface area contributed by atoms with Crippen LogP contribution in [0.15, 0.2) is 47.4 Å². The van der Waals surface area contributed by atoms with Crippen molar-refractivity contribution in [2.75, 3.05) is 26.0 Å². The van der Waals surface area contributed by atoms with Crippen molar-refractivity contribution in [2.45, 2.75) is 24.2 Å². The molecule has 0 saturated heterocycles. The number of ether oxygens (including phenoxy) is 1. The van der Waals surface area contributed by atoms with Gasteiger partial charge in [-0.1, -0.05) is 6.07 Å². The molecule has 0 atom stereocenters. The number of fused-ring (bicyclic) bond motifs is 1. The van der Waals surface area contributed by atoms with Crippen LogP contribution in [-0.4, -0.2) is 39.3 Å². The zero-order valence-corrected chi connectivity index (χ0v) is 15.7. The van der Waals surface area contributed by atoms with Crippen molar-refractivity contribution in [3.8, 4) is 5.75 Å². The standard InChI is InChI=1S/C19H22N2O4S/c1-21(2)26(23,24)18-10-7-16(8-11-18)20-19(22)13-25-17-9-6-14-4-3-5-15(14)12-17/h6-12H,3-5,13H2,1-2H3,(H,20,22). The second kappa shape index (κ2) is 7.47. The molecule has 6 nitrogen and oxygen atoms in total. The van der Waals surface area contributed by atoms with Gasteiger partial charge in [0.1, 0.15) is 5.75 Å². The van der Waals surface area contributed by atoms with Gasteiger partial charge in [-0.2, -0.15) is 0 Å². The van der Waals surface area contributed by atoms with Crippen molar-refractivity contribution in [3.63, 3.8) is 0 Å². The molecule has 26 heavy (non-hydrogen) atoms. The Bertz CT molecular complexity index is 906. The first-order valence-electron chi connectivity index (χ1n) is 8.43. The largest absolute Gasteiger partial charge is 0.484 e. The Labute approximate surface area is 153 Å². The Kier molecular flexibility index (Phi) is 5.29. The summed E-state index contributed by atoms with van der Waals surface area (Å²) >= 11 is 0. The van der Waals surface area contributed by atoms with E-state index in [4.69, 9.17) is 4.74 Å². The summed E-state index contributed by atoms with van der Waals surface area (Å²) in [5.41, 5.74) is 3.17. The van der Waals surface area contributed by atoms with Gasteiger partial charge in [-0.05, 0) is 66.8 Å². The van der Waals surface area contributed by atoms with Gasteiger partial charge in [0.05, 0.1) is 4.90 Å². The van der Waals surface area contributed by atoms with Crippen molar-refractivity contribution in [1.29, 1.82) is 0 Å². The van der Waals surface area contributed by atoms with E-state index in [9.17, 15) is 13.2 Å². The third-order valence-electron chi connectivity index (χ3n) is 4.36. The van der Waals surface area contributed by atoms with Crippen LogP contribution in [0, 0.1) is 0 Å². The Hall–Kier alpha value is -2.38. The van der Waals surface area contributed by atoms with Crippen molar-refractivity contribution in [1.82, 2.24) is 4.31 Å². The number of rotatable bonds is 6. The predicted molar refractivity (Wildman–Crippen MR) is 99.9 cm³/mol. The number of hydrogen-bond acceptors (Lipinski definition) is 4. The maximum atomic E-state index is 12.0. The van der Waals surface area contributed by atoms with E-state index in [1.165, 1.54) is 43.8 Å². The van der Waals surface area contributed by atoms with Gasteiger partial charge in [-0.15, -0.1) is 0 Å². The fourth-order valence-electron chi connectivity index (χ4n) is 2.90. The van der Waals surface area contributed by atoms with Crippen molar-refractivity contribution >= 4 is 21.6 Å². The minimum absolute atomic E-state index is 0.101. The van der Waals surface area contributed by atoms with Crippen LogP contribution in [0.1, 0.15) is 17.5 Å². The number of amides is 1. The van der Waals surface area contributed by atoms with Crippen molar-refractivity contribution in [3.05, 3.63) is 53.6 Å². The molecule has 138 valence electrons. The van der Waals surface area contributed by atoms with Crippen LogP contribution in [-0.2, 0) is 27.7 Å². The molecule has 3 rings (SSSR count). The Balaban J connectivity index is 1.57. The molecule has 0 aliphatic heterocycles. The lowest BCUT2D eigenvalue weighted by atomic mass is 10.1. The molecule has 2 aromatic rings. The van der Waals surface area contributed by atoms with E-state index >= 15 is 0 Å². The van der Waals surface area contributed by atoms with E-state index in [-0.39, 0.29) is 17.4 Å². The molecule has 0 saturated carbocycles. The fraction of sp³-hybridized carbons (Fsp3) is 0.316. The summed E-state index contributed by atoms with van der Waals surface area (Å²) in [5.74, 6) is 0.391. The highest BCUT2D eigenvalue weighted by Gasteiger charge is 2.17. The number of carbonyl (C=O) groups excluding carboxylic acids is 1. The molecule has 0 bridgehead atoms. The first-order valence-corrected chi connectivity index (χ1v) is 9.87. The van der Waals surface area contributed by atoms with Gasteiger partial charge >= 0.3 is 0 Å². The van der Waals surface area contributed by atoms with E-state index in [0.29, 0.717) is 11.4 Å². The Morgan fingerprint density at radius 1 is 1.08 bits per heavy atom. The molecule has 1 aliphatic carbocycles. The molecular weight excluding hydrogens is 352 g/mol. The number of anilines is 1. The molecule has 0 aromatic heterocycles. The number of carbonyl (C=O) groups is 1. The average molecular weight is 374 g/mol. The minimum Gasteiger partial charge on any atom is -0.484 e. The number of benzene rings is 2. The highest BCUT2D eigenvalue weighted by Crippen LogP contribution is 2.26. The normalized spacial score (nSPS) is 13.5. The maximum Gasteiger partial charge on any atom is 0.262 e. The molecule has 1 amide bonds. The molecule has 7 heteroatoms. The number of sulfonamides is 1. The summed E-state index contributed by atoms with van der Waals surface area (Å²) in [5, 5.41) is 2.70. The first-order chi connectivity index (χ1) is 12.4. The summed E-state index contributed by atoms with van der Waals surface area (Å²) in [6.45, 7) is -0.101. The molecule has 1 N–H and O–H groups in total. The Morgan fingerprint density at radius 2 is 1.77 bits per heavy atom.